The minimum absolute atomic E-state index is 0.173. The highest BCUT2D eigenvalue weighted by molar-refractivity contribution is 9.10. The van der Waals surface area contributed by atoms with Crippen LogP contribution in [-0.2, 0) is 0 Å². The fourth-order valence-electron chi connectivity index (χ4n) is 1.34. The zero-order valence-corrected chi connectivity index (χ0v) is 10.0. The molecule has 1 rings (SSSR count). The summed E-state index contributed by atoms with van der Waals surface area (Å²) in [6.07, 6.45) is 0. The number of benzene rings is 1. The van der Waals surface area contributed by atoms with Crippen molar-refractivity contribution in [3.8, 4) is 11.5 Å². The predicted octanol–water partition coefficient (Wildman–Crippen LogP) is 2.40. The van der Waals surface area contributed by atoms with Gasteiger partial charge < -0.3 is 14.9 Å². The maximum Gasteiger partial charge on any atom is 0.175 e. The first-order valence-electron chi connectivity index (χ1n) is 4.38. The monoisotopic (exact) mass is 278 g/mol. The molecule has 0 amide bonds. The van der Waals surface area contributed by atoms with Crippen LogP contribution in [-0.4, -0.2) is 23.9 Å². The number of ether oxygens (including phenoxy) is 1. The van der Waals surface area contributed by atoms with Crippen LogP contribution in [0.4, 0.5) is 4.39 Å². The first-order valence-corrected chi connectivity index (χ1v) is 5.17. The van der Waals surface area contributed by atoms with E-state index in [0.717, 1.165) is 6.07 Å². The molecule has 0 radical (unpaired) electrons. The van der Waals surface area contributed by atoms with Crippen molar-refractivity contribution in [1.29, 1.82) is 0 Å². The SMILES string of the molecule is COc1c(O)cc(F)c(C(C)CO)c1Br. The van der Waals surface area contributed by atoms with Gasteiger partial charge in [-0.05, 0) is 15.9 Å². The van der Waals surface area contributed by atoms with Crippen LogP contribution < -0.4 is 4.74 Å². The van der Waals surface area contributed by atoms with Gasteiger partial charge in [0, 0.05) is 24.2 Å². The molecule has 84 valence electrons. The van der Waals surface area contributed by atoms with Gasteiger partial charge in [0.1, 0.15) is 5.82 Å². The molecule has 0 aliphatic carbocycles. The van der Waals surface area contributed by atoms with Crippen LogP contribution in [0.2, 0.25) is 0 Å². The quantitative estimate of drug-likeness (QED) is 0.893. The molecule has 1 aromatic carbocycles. The Balaban J connectivity index is 3.38. The lowest BCUT2D eigenvalue weighted by Gasteiger charge is -2.15. The van der Waals surface area contributed by atoms with Gasteiger partial charge in [0.25, 0.3) is 0 Å². The largest absolute Gasteiger partial charge is 0.504 e. The van der Waals surface area contributed by atoms with Crippen LogP contribution in [0.15, 0.2) is 10.5 Å². The van der Waals surface area contributed by atoms with Gasteiger partial charge in [0.05, 0.1) is 11.6 Å². The van der Waals surface area contributed by atoms with Gasteiger partial charge in [-0.2, -0.15) is 0 Å². The summed E-state index contributed by atoms with van der Waals surface area (Å²) in [5.41, 5.74) is 0.298. The lowest BCUT2D eigenvalue weighted by atomic mass is 10.0. The fourth-order valence-corrected chi connectivity index (χ4v) is 2.29. The van der Waals surface area contributed by atoms with E-state index in [4.69, 9.17) is 9.84 Å². The number of phenolic OH excluding ortho intramolecular Hbond substituents is 1. The van der Waals surface area contributed by atoms with Crippen LogP contribution in [0.3, 0.4) is 0 Å². The first-order chi connectivity index (χ1) is 7.02. The zero-order valence-electron chi connectivity index (χ0n) is 8.42. The van der Waals surface area contributed by atoms with E-state index in [1.165, 1.54) is 7.11 Å². The maximum atomic E-state index is 13.5. The Morgan fingerprint density at radius 3 is 2.67 bits per heavy atom. The number of aromatic hydroxyl groups is 1. The topological polar surface area (TPSA) is 49.7 Å². The summed E-state index contributed by atoms with van der Waals surface area (Å²) in [7, 11) is 1.38. The number of rotatable bonds is 3. The molecule has 5 heteroatoms. The highest BCUT2D eigenvalue weighted by Gasteiger charge is 2.20. The summed E-state index contributed by atoms with van der Waals surface area (Å²) in [5, 5.41) is 18.4. The summed E-state index contributed by atoms with van der Waals surface area (Å²) in [6, 6.07) is 0.977. The van der Waals surface area contributed by atoms with Crippen molar-refractivity contribution >= 4 is 15.9 Å². The molecule has 0 saturated carbocycles. The third kappa shape index (κ3) is 2.23. The molecule has 1 aromatic rings. The number of methoxy groups -OCH3 is 1. The molecule has 0 spiro atoms. The van der Waals surface area contributed by atoms with Crippen molar-refractivity contribution in [3.63, 3.8) is 0 Å². The third-order valence-corrected chi connectivity index (χ3v) is 2.95. The molecule has 0 aliphatic rings. The van der Waals surface area contributed by atoms with Crippen molar-refractivity contribution < 1.29 is 19.3 Å². The lowest BCUT2D eigenvalue weighted by molar-refractivity contribution is 0.269. The average molecular weight is 279 g/mol. The Kier molecular flexibility index (Phi) is 3.93. The molecule has 1 atom stereocenters. The highest BCUT2D eigenvalue weighted by atomic mass is 79.9. The Labute approximate surface area is 95.6 Å². The summed E-state index contributed by atoms with van der Waals surface area (Å²) >= 11 is 3.15. The van der Waals surface area contributed by atoms with E-state index < -0.39 is 5.82 Å². The minimum atomic E-state index is -0.568. The molecule has 15 heavy (non-hydrogen) atoms. The summed E-state index contributed by atoms with van der Waals surface area (Å²) in [6.45, 7) is 1.50. The molecule has 0 fully saturated rings. The average Bonchev–Trinajstić information content (AvgIpc) is 2.17. The van der Waals surface area contributed by atoms with Crippen LogP contribution >= 0.6 is 15.9 Å². The van der Waals surface area contributed by atoms with Gasteiger partial charge in [-0.25, -0.2) is 4.39 Å². The van der Waals surface area contributed by atoms with E-state index >= 15 is 0 Å². The Morgan fingerprint density at radius 2 is 2.20 bits per heavy atom. The van der Waals surface area contributed by atoms with Crippen molar-refractivity contribution in [2.24, 2.45) is 0 Å². The molecule has 0 saturated heterocycles. The molecule has 0 bridgehead atoms. The van der Waals surface area contributed by atoms with Crippen molar-refractivity contribution in [2.45, 2.75) is 12.8 Å². The molecule has 0 aromatic heterocycles. The van der Waals surface area contributed by atoms with Gasteiger partial charge in [0.2, 0.25) is 0 Å². The third-order valence-electron chi connectivity index (χ3n) is 2.16. The molecule has 2 N–H and O–H groups in total. The predicted molar refractivity (Wildman–Crippen MR) is 57.8 cm³/mol. The molecular weight excluding hydrogens is 267 g/mol. The lowest BCUT2D eigenvalue weighted by Crippen LogP contribution is -2.04. The number of phenols is 1. The fraction of sp³-hybridized carbons (Fsp3) is 0.400. The maximum absolute atomic E-state index is 13.5. The second kappa shape index (κ2) is 4.81. The Hall–Kier alpha value is -0.810. The number of hydrogen-bond donors (Lipinski definition) is 2. The number of hydrogen-bond acceptors (Lipinski definition) is 3. The van der Waals surface area contributed by atoms with Crippen molar-refractivity contribution in [1.82, 2.24) is 0 Å². The summed E-state index contributed by atoms with van der Waals surface area (Å²) in [5.74, 6) is -1.03. The number of aliphatic hydroxyl groups excluding tert-OH is 1. The minimum Gasteiger partial charge on any atom is -0.504 e. The van der Waals surface area contributed by atoms with Crippen molar-refractivity contribution in [3.05, 3.63) is 21.9 Å². The van der Waals surface area contributed by atoms with E-state index in [1.54, 1.807) is 6.92 Å². The highest BCUT2D eigenvalue weighted by Crippen LogP contribution is 2.41. The van der Waals surface area contributed by atoms with E-state index in [-0.39, 0.29) is 24.0 Å². The van der Waals surface area contributed by atoms with Gasteiger partial charge in [-0.15, -0.1) is 0 Å². The van der Waals surface area contributed by atoms with Crippen molar-refractivity contribution in [2.75, 3.05) is 13.7 Å². The zero-order chi connectivity index (χ0) is 11.6. The van der Waals surface area contributed by atoms with Crippen LogP contribution in [0.1, 0.15) is 18.4 Å². The summed E-state index contributed by atoms with van der Waals surface area (Å²) in [4.78, 5) is 0. The van der Waals surface area contributed by atoms with Gasteiger partial charge in [0.15, 0.2) is 11.5 Å². The van der Waals surface area contributed by atoms with Crippen LogP contribution in [0, 0.1) is 5.82 Å². The van der Waals surface area contributed by atoms with Gasteiger partial charge in [-0.3, -0.25) is 0 Å². The molecule has 0 heterocycles. The standard InChI is InChI=1S/C10H12BrFO3/c1-5(4-13)8-6(12)3-7(14)10(15-2)9(8)11/h3,5,13-14H,4H2,1-2H3. The molecule has 3 nitrogen and oxygen atoms in total. The number of halogens is 2. The molecule has 0 aliphatic heterocycles. The second-order valence-electron chi connectivity index (χ2n) is 3.22. The van der Waals surface area contributed by atoms with Gasteiger partial charge >= 0.3 is 0 Å². The first kappa shape index (κ1) is 12.3. The van der Waals surface area contributed by atoms with Gasteiger partial charge in [-0.1, -0.05) is 6.92 Å². The van der Waals surface area contributed by atoms with E-state index in [0.29, 0.717) is 10.0 Å². The Bertz CT molecular complexity index is 368. The van der Waals surface area contributed by atoms with E-state index in [2.05, 4.69) is 15.9 Å². The van der Waals surface area contributed by atoms with E-state index in [1.807, 2.05) is 0 Å². The smallest absolute Gasteiger partial charge is 0.175 e. The van der Waals surface area contributed by atoms with E-state index in [9.17, 15) is 9.50 Å². The second-order valence-corrected chi connectivity index (χ2v) is 4.02. The summed E-state index contributed by atoms with van der Waals surface area (Å²) < 4.78 is 18.8. The normalized spacial score (nSPS) is 12.6. The number of aliphatic hydroxyl groups is 1. The Morgan fingerprint density at radius 1 is 1.60 bits per heavy atom. The molecule has 1 unspecified atom stereocenters. The van der Waals surface area contributed by atoms with Crippen LogP contribution in [0.25, 0.3) is 0 Å². The van der Waals surface area contributed by atoms with Crippen LogP contribution in [0.5, 0.6) is 11.5 Å². The molecular formula is C10H12BrFO3.